The molecule has 2 amide bonds. The van der Waals surface area contributed by atoms with Gasteiger partial charge < -0.3 is 4.74 Å². The van der Waals surface area contributed by atoms with E-state index < -0.39 is 0 Å². The second kappa shape index (κ2) is 7.01. The lowest BCUT2D eigenvalue weighted by atomic mass is 10.1. The van der Waals surface area contributed by atoms with Gasteiger partial charge in [-0.3, -0.25) is 14.5 Å². The molecule has 1 aromatic carbocycles. The second-order valence-electron chi connectivity index (χ2n) is 5.18. The Balaban J connectivity index is 2.38. The molecule has 1 aromatic rings. The molecule has 0 aliphatic carbocycles. The van der Waals surface area contributed by atoms with Crippen molar-refractivity contribution in [2.45, 2.75) is 33.8 Å². The van der Waals surface area contributed by atoms with Crippen molar-refractivity contribution in [2.24, 2.45) is 0 Å². The van der Waals surface area contributed by atoms with Crippen LogP contribution in [0.25, 0.3) is 5.57 Å². The molecular weight excluding hydrogens is 298 g/mol. The lowest BCUT2D eigenvalue weighted by Crippen LogP contribution is -2.31. The molecule has 0 spiro atoms. The summed E-state index contributed by atoms with van der Waals surface area (Å²) in [4.78, 5) is 26.7. The van der Waals surface area contributed by atoms with Crippen molar-refractivity contribution in [3.8, 4) is 5.75 Å². The van der Waals surface area contributed by atoms with Gasteiger partial charge in [0, 0.05) is 6.54 Å². The molecule has 0 N–H and O–H groups in total. The molecule has 22 heavy (non-hydrogen) atoms. The highest BCUT2D eigenvalue weighted by Gasteiger charge is 2.37. The first-order valence-corrected chi connectivity index (χ1v) is 8.48. The third-order valence-electron chi connectivity index (χ3n) is 3.25. The fraction of sp³-hybridized carbons (Fsp3) is 0.412. The van der Waals surface area contributed by atoms with Gasteiger partial charge in [0.2, 0.25) is 0 Å². The summed E-state index contributed by atoms with van der Waals surface area (Å²) < 4.78 is 5.61. The van der Waals surface area contributed by atoms with Gasteiger partial charge in [-0.15, -0.1) is 11.8 Å². The van der Waals surface area contributed by atoms with Crippen molar-refractivity contribution in [3.63, 3.8) is 0 Å². The van der Waals surface area contributed by atoms with Crippen molar-refractivity contribution in [3.05, 3.63) is 34.7 Å². The fourth-order valence-electron chi connectivity index (χ4n) is 2.35. The second-order valence-corrected chi connectivity index (χ2v) is 6.46. The van der Waals surface area contributed by atoms with Crippen LogP contribution in [-0.4, -0.2) is 35.1 Å². The lowest BCUT2D eigenvalue weighted by Gasteiger charge is -2.12. The van der Waals surface area contributed by atoms with Crippen LogP contribution in [0.4, 0.5) is 0 Å². The van der Waals surface area contributed by atoms with Crippen molar-refractivity contribution in [1.29, 1.82) is 0 Å². The minimum Gasteiger partial charge on any atom is -0.491 e. The number of hydrogen-bond donors (Lipinski definition) is 0. The largest absolute Gasteiger partial charge is 0.491 e. The minimum atomic E-state index is -0.207. The van der Waals surface area contributed by atoms with Gasteiger partial charge in [-0.2, -0.15) is 0 Å². The summed E-state index contributed by atoms with van der Waals surface area (Å²) in [5, 5.41) is 0. The highest BCUT2D eigenvalue weighted by atomic mass is 32.2. The van der Waals surface area contributed by atoms with Gasteiger partial charge in [0.25, 0.3) is 11.8 Å². The van der Waals surface area contributed by atoms with Gasteiger partial charge >= 0.3 is 0 Å². The zero-order chi connectivity index (χ0) is 16.3. The summed E-state index contributed by atoms with van der Waals surface area (Å²) in [5.41, 5.74) is 1.27. The van der Waals surface area contributed by atoms with Crippen LogP contribution in [0.5, 0.6) is 5.75 Å². The van der Waals surface area contributed by atoms with Crippen LogP contribution in [0.2, 0.25) is 0 Å². The van der Waals surface area contributed by atoms with Gasteiger partial charge in [0.15, 0.2) is 0 Å². The molecule has 2 rings (SSSR count). The van der Waals surface area contributed by atoms with Crippen molar-refractivity contribution in [1.82, 2.24) is 4.90 Å². The van der Waals surface area contributed by atoms with E-state index in [4.69, 9.17) is 4.74 Å². The first-order chi connectivity index (χ1) is 10.5. The van der Waals surface area contributed by atoms with Gasteiger partial charge in [-0.05, 0) is 44.2 Å². The maximum absolute atomic E-state index is 12.5. The van der Waals surface area contributed by atoms with Crippen LogP contribution < -0.4 is 4.74 Å². The van der Waals surface area contributed by atoms with Gasteiger partial charge in [0.1, 0.15) is 5.75 Å². The molecule has 0 fully saturated rings. The summed E-state index contributed by atoms with van der Waals surface area (Å²) >= 11 is 1.42. The van der Waals surface area contributed by atoms with Gasteiger partial charge in [-0.1, -0.05) is 19.1 Å². The summed E-state index contributed by atoms with van der Waals surface area (Å²) in [7, 11) is 0. The van der Waals surface area contributed by atoms with Crippen LogP contribution in [-0.2, 0) is 9.59 Å². The topological polar surface area (TPSA) is 46.6 Å². The average molecular weight is 319 g/mol. The highest BCUT2D eigenvalue weighted by Crippen LogP contribution is 2.36. The first kappa shape index (κ1) is 16.6. The molecule has 1 aliphatic heterocycles. The van der Waals surface area contributed by atoms with E-state index in [0.29, 0.717) is 17.0 Å². The Bertz CT molecular complexity index is 605. The van der Waals surface area contributed by atoms with E-state index in [1.165, 1.54) is 16.7 Å². The molecule has 118 valence electrons. The number of carbonyl (C=O) groups is 2. The molecule has 1 heterocycles. The number of ether oxygens (including phenoxy) is 1. The summed E-state index contributed by atoms with van der Waals surface area (Å²) in [6.07, 6.45) is 0.0987. The fourth-order valence-corrected chi connectivity index (χ4v) is 3.22. The monoisotopic (exact) mass is 319 g/mol. The van der Waals surface area contributed by atoms with Crippen LogP contribution in [0.1, 0.15) is 33.3 Å². The van der Waals surface area contributed by atoms with Crippen molar-refractivity contribution < 1.29 is 14.3 Å². The number of carbonyl (C=O) groups excluding carboxylic acids is 2. The molecule has 0 unspecified atom stereocenters. The zero-order valence-corrected chi connectivity index (χ0v) is 14.2. The Kier molecular flexibility index (Phi) is 5.29. The minimum absolute atomic E-state index is 0.0987. The summed E-state index contributed by atoms with van der Waals surface area (Å²) in [6.45, 7) is 8.10. The third kappa shape index (κ3) is 3.19. The molecule has 0 bridgehead atoms. The molecule has 0 atom stereocenters. The number of rotatable bonds is 6. The molecule has 4 nitrogen and oxygen atoms in total. The Labute approximate surface area is 135 Å². The van der Waals surface area contributed by atoms with Crippen molar-refractivity contribution in [2.75, 3.05) is 12.3 Å². The molecule has 0 radical (unpaired) electrons. The molecule has 5 heteroatoms. The molecule has 0 saturated heterocycles. The van der Waals surface area contributed by atoms with E-state index in [-0.39, 0.29) is 17.9 Å². The van der Waals surface area contributed by atoms with E-state index in [0.717, 1.165) is 17.1 Å². The normalized spacial score (nSPS) is 15.2. The van der Waals surface area contributed by atoms with Gasteiger partial charge in [-0.25, -0.2) is 0 Å². The first-order valence-electron chi connectivity index (χ1n) is 7.49. The molecule has 0 saturated carbocycles. The average Bonchev–Trinajstić information content (AvgIpc) is 2.71. The number of likely N-dealkylation sites (N-methyl/N-ethyl adjacent to an activating group) is 1. The smallest absolute Gasteiger partial charge is 0.267 e. The predicted molar refractivity (Wildman–Crippen MR) is 89.7 cm³/mol. The number of benzene rings is 1. The number of thioether (sulfide) groups is 1. The molecular formula is C17H21NO3S. The Morgan fingerprint density at radius 2 is 1.73 bits per heavy atom. The number of imide groups is 1. The van der Waals surface area contributed by atoms with E-state index in [9.17, 15) is 9.59 Å². The summed E-state index contributed by atoms with van der Waals surface area (Å²) in [6, 6.07) is 7.35. The Hall–Kier alpha value is -1.75. The van der Waals surface area contributed by atoms with E-state index in [1.54, 1.807) is 0 Å². The quantitative estimate of drug-likeness (QED) is 0.755. The maximum Gasteiger partial charge on any atom is 0.267 e. The number of amides is 2. The summed E-state index contributed by atoms with van der Waals surface area (Å²) in [5.74, 6) is 1.12. The molecule has 1 aliphatic rings. The third-order valence-corrected chi connectivity index (χ3v) is 4.20. The highest BCUT2D eigenvalue weighted by molar-refractivity contribution is 8.04. The number of nitrogens with zero attached hydrogens (tertiary/aromatic N) is 1. The lowest BCUT2D eigenvalue weighted by molar-refractivity contribution is -0.136. The van der Waals surface area contributed by atoms with Crippen LogP contribution >= 0.6 is 11.8 Å². The standard InChI is InChI=1S/C17H21NO3S/c1-5-18-16(19)14(15(17(18)20)22-6-2)12-7-9-13(10-8-12)21-11(3)4/h7-11H,5-6H2,1-4H3. The van der Waals surface area contributed by atoms with E-state index in [1.807, 2.05) is 52.0 Å². The SMILES string of the molecule is CCSC1=C(c2ccc(OC(C)C)cc2)C(=O)N(CC)C1=O. The Morgan fingerprint density at radius 3 is 2.23 bits per heavy atom. The number of hydrogen-bond acceptors (Lipinski definition) is 4. The van der Waals surface area contributed by atoms with E-state index >= 15 is 0 Å². The Morgan fingerprint density at radius 1 is 1.09 bits per heavy atom. The maximum atomic E-state index is 12.5. The predicted octanol–water partition coefficient (Wildman–Crippen LogP) is 3.33. The van der Waals surface area contributed by atoms with Crippen LogP contribution in [0.3, 0.4) is 0 Å². The van der Waals surface area contributed by atoms with Gasteiger partial charge in [0.05, 0.1) is 16.6 Å². The zero-order valence-electron chi connectivity index (χ0n) is 13.4. The van der Waals surface area contributed by atoms with Crippen LogP contribution in [0.15, 0.2) is 29.2 Å². The van der Waals surface area contributed by atoms with Crippen LogP contribution in [0, 0.1) is 0 Å². The van der Waals surface area contributed by atoms with Crippen molar-refractivity contribution >= 4 is 29.1 Å². The van der Waals surface area contributed by atoms with E-state index in [2.05, 4.69) is 0 Å². The molecule has 0 aromatic heterocycles.